The molecule has 0 spiro atoms. The van der Waals surface area contributed by atoms with E-state index in [4.69, 9.17) is 0 Å². The smallest absolute Gasteiger partial charge is 0.0470 e. The Morgan fingerprint density at radius 2 is 0.600 bits per heavy atom. The van der Waals surface area contributed by atoms with Crippen LogP contribution in [0.1, 0.15) is 41.5 Å². The number of hydrogen-bond donors (Lipinski definition) is 0. The van der Waals surface area contributed by atoms with Gasteiger partial charge >= 0.3 is 0 Å². The van der Waals surface area contributed by atoms with E-state index in [0.717, 1.165) is 0 Å². The predicted octanol–water partition coefficient (Wildman–Crippen LogP) is 4.70. The SMILES string of the molecule is CC[Si](CC)CC.CC[Si](CC)CC.[Te]. The summed E-state index contributed by atoms with van der Waals surface area (Å²) in [6, 6.07) is 8.74. The summed E-state index contributed by atoms with van der Waals surface area (Å²) in [5.41, 5.74) is 0. The van der Waals surface area contributed by atoms with Gasteiger partial charge in [-0.3, -0.25) is 0 Å². The summed E-state index contributed by atoms with van der Waals surface area (Å²) in [6.45, 7) is 13.8. The Morgan fingerprint density at radius 1 is 0.467 bits per heavy atom. The summed E-state index contributed by atoms with van der Waals surface area (Å²) in [5, 5.41) is 0. The van der Waals surface area contributed by atoms with Gasteiger partial charge in [0.2, 0.25) is 0 Å². The normalized spacial score (nSPS) is 9.60. The van der Waals surface area contributed by atoms with Crippen LogP contribution in [0.2, 0.25) is 36.3 Å². The number of rotatable bonds is 6. The van der Waals surface area contributed by atoms with Crippen LogP contribution in [-0.4, -0.2) is 41.3 Å². The van der Waals surface area contributed by atoms with Crippen LogP contribution in [0.5, 0.6) is 0 Å². The topological polar surface area (TPSA) is 0 Å². The van der Waals surface area contributed by atoms with Crippen LogP contribution in [0, 0.1) is 0 Å². The first kappa shape index (κ1) is 21.5. The zero-order chi connectivity index (χ0) is 11.4. The third-order valence-corrected chi connectivity index (χ3v) is 9.00. The molecule has 0 unspecified atom stereocenters. The van der Waals surface area contributed by atoms with Crippen molar-refractivity contribution < 1.29 is 0 Å². The van der Waals surface area contributed by atoms with Gasteiger partial charge in [-0.25, -0.2) is 0 Å². The van der Waals surface area contributed by atoms with E-state index < -0.39 is 0 Å². The van der Waals surface area contributed by atoms with Crippen molar-refractivity contribution in [1.29, 1.82) is 0 Å². The molecule has 0 nitrogen and oxygen atoms in total. The van der Waals surface area contributed by atoms with Gasteiger partial charge in [0.25, 0.3) is 0 Å². The molecule has 0 aliphatic carbocycles. The molecule has 0 atom stereocenters. The molecule has 0 bridgehead atoms. The predicted molar refractivity (Wildman–Crippen MR) is 80.1 cm³/mol. The Kier molecular flexibility index (Phi) is 25.2. The van der Waals surface area contributed by atoms with Gasteiger partial charge < -0.3 is 0 Å². The Hall–Kier alpha value is 1.22. The third kappa shape index (κ3) is 15.2. The molecule has 3 heteroatoms. The van der Waals surface area contributed by atoms with E-state index in [1.54, 1.807) is 0 Å². The molecule has 0 amide bonds. The first-order chi connectivity index (χ1) is 6.69. The maximum absolute atomic E-state index is 2.31. The quantitative estimate of drug-likeness (QED) is 0.604. The summed E-state index contributed by atoms with van der Waals surface area (Å²) in [7, 11) is 0.275. The fourth-order valence-electron chi connectivity index (χ4n) is 1.50. The van der Waals surface area contributed by atoms with Crippen molar-refractivity contribution >= 4 is 41.3 Å². The minimum Gasteiger partial charge on any atom is -0.0680 e. The van der Waals surface area contributed by atoms with E-state index in [2.05, 4.69) is 41.5 Å². The summed E-state index contributed by atoms with van der Waals surface area (Å²) >= 11 is 0. The second-order valence-corrected chi connectivity index (χ2v) is 10.9. The monoisotopic (exact) mass is 360 g/mol. The first-order valence-electron chi connectivity index (χ1n) is 6.36. The Bertz CT molecular complexity index is 68.6. The van der Waals surface area contributed by atoms with Crippen LogP contribution < -0.4 is 0 Å². The van der Waals surface area contributed by atoms with E-state index >= 15 is 0 Å². The average molecular weight is 358 g/mol. The maximum atomic E-state index is 2.31. The van der Waals surface area contributed by atoms with Crippen molar-refractivity contribution in [3.8, 4) is 0 Å². The van der Waals surface area contributed by atoms with Crippen LogP contribution in [0.3, 0.4) is 0 Å². The molecule has 0 saturated heterocycles. The Balaban J connectivity index is -0.000000180. The Labute approximate surface area is 119 Å². The van der Waals surface area contributed by atoms with Crippen LogP contribution in [0.4, 0.5) is 0 Å². The zero-order valence-corrected chi connectivity index (χ0v) is 16.0. The molecule has 0 aromatic heterocycles. The number of hydrogen-bond acceptors (Lipinski definition) is 0. The third-order valence-electron chi connectivity index (χ3n) is 3.00. The van der Waals surface area contributed by atoms with Crippen molar-refractivity contribution in [1.82, 2.24) is 0 Å². The standard InChI is InChI=1S/2C6H15Si.Te/c2*1-4-7(5-2)6-3;/h2*4-6H2,1-3H3;. The molecule has 0 heterocycles. The largest absolute Gasteiger partial charge is 0.0680 e. The first-order valence-corrected chi connectivity index (χ1v) is 10.6. The van der Waals surface area contributed by atoms with Crippen LogP contribution >= 0.6 is 0 Å². The van der Waals surface area contributed by atoms with E-state index in [0.29, 0.717) is 0 Å². The molecule has 0 saturated carbocycles. The van der Waals surface area contributed by atoms with E-state index in [9.17, 15) is 0 Å². The fourth-order valence-corrected chi connectivity index (χ4v) is 4.50. The molecule has 15 heavy (non-hydrogen) atoms. The van der Waals surface area contributed by atoms with Gasteiger partial charge in [0.1, 0.15) is 0 Å². The molecular weight excluding hydrogens is 328 g/mol. The van der Waals surface area contributed by atoms with Gasteiger partial charge in [0.05, 0.1) is 0 Å². The minimum atomic E-state index is 0. The fraction of sp³-hybridized carbons (Fsp3) is 1.00. The van der Waals surface area contributed by atoms with Crippen molar-refractivity contribution in [3.63, 3.8) is 0 Å². The van der Waals surface area contributed by atoms with E-state index in [-0.39, 0.29) is 41.3 Å². The second-order valence-electron chi connectivity index (χ2n) is 3.62. The summed E-state index contributed by atoms with van der Waals surface area (Å²) in [5.74, 6) is 0. The van der Waals surface area contributed by atoms with Gasteiger partial charge in [0.15, 0.2) is 0 Å². The van der Waals surface area contributed by atoms with Crippen LogP contribution in [-0.2, 0) is 0 Å². The van der Waals surface area contributed by atoms with Gasteiger partial charge in [-0.15, -0.1) is 0 Å². The van der Waals surface area contributed by atoms with Crippen molar-refractivity contribution in [2.45, 2.75) is 77.8 Å². The van der Waals surface area contributed by atoms with Gasteiger partial charge in [-0.05, 0) is 0 Å². The Morgan fingerprint density at radius 3 is 0.600 bits per heavy atom. The minimum absolute atomic E-state index is 0. The van der Waals surface area contributed by atoms with Crippen molar-refractivity contribution in [2.75, 3.05) is 0 Å². The van der Waals surface area contributed by atoms with Crippen molar-refractivity contribution in [3.05, 3.63) is 0 Å². The molecule has 4 radical (unpaired) electrons. The summed E-state index contributed by atoms with van der Waals surface area (Å²) < 4.78 is 0. The molecule has 0 rings (SSSR count). The molecular formula is C12H30Si2Te. The summed E-state index contributed by atoms with van der Waals surface area (Å²) in [6.07, 6.45) is 0. The summed E-state index contributed by atoms with van der Waals surface area (Å²) in [4.78, 5) is 0. The zero-order valence-electron chi connectivity index (χ0n) is 11.7. The van der Waals surface area contributed by atoms with E-state index in [1.165, 1.54) is 36.3 Å². The molecule has 0 aromatic carbocycles. The molecule has 92 valence electrons. The van der Waals surface area contributed by atoms with Gasteiger partial charge in [0, 0.05) is 41.3 Å². The van der Waals surface area contributed by atoms with Gasteiger partial charge in [-0.1, -0.05) is 77.8 Å². The van der Waals surface area contributed by atoms with Gasteiger partial charge in [-0.2, -0.15) is 0 Å². The molecule has 0 aromatic rings. The molecule has 0 fully saturated rings. The van der Waals surface area contributed by atoms with Crippen LogP contribution in [0.15, 0.2) is 0 Å². The molecule has 0 N–H and O–H groups in total. The van der Waals surface area contributed by atoms with Crippen LogP contribution in [0.25, 0.3) is 0 Å². The van der Waals surface area contributed by atoms with Crippen molar-refractivity contribution in [2.24, 2.45) is 0 Å². The second kappa shape index (κ2) is 17.6. The van der Waals surface area contributed by atoms with E-state index in [1.807, 2.05) is 0 Å². The molecule has 0 aliphatic rings. The molecule has 0 aliphatic heterocycles. The maximum Gasteiger partial charge on any atom is 0.0470 e. The average Bonchev–Trinajstić information content (AvgIpc) is 2.24.